The van der Waals surface area contributed by atoms with Crippen LogP contribution in [0.1, 0.15) is 48.5 Å². The minimum absolute atomic E-state index is 0.0876. The van der Waals surface area contributed by atoms with Crippen LogP contribution in [0, 0.1) is 0 Å². The summed E-state index contributed by atoms with van der Waals surface area (Å²) in [6.45, 7) is 19.6. The summed E-state index contributed by atoms with van der Waals surface area (Å²) in [6, 6.07) is 119. The van der Waals surface area contributed by atoms with Gasteiger partial charge >= 0.3 is 0 Å². The molecule has 0 N–H and O–H groups in total. The van der Waals surface area contributed by atoms with E-state index in [1.807, 2.05) is 0 Å². The van der Waals surface area contributed by atoms with Crippen LogP contribution in [0.2, 0.25) is 22.7 Å². The number of fused-ring (bicyclic) bond motifs is 11. The second-order valence-electron chi connectivity index (χ2n) is 29.9. The molecule has 1 atom stereocenters. The third-order valence-corrected chi connectivity index (χ3v) is 35.3. The Labute approximate surface area is 592 Å². The Morgan fingerprint density at radius 1 is 0.267 bits per heavy atom. The summed E-state index contributed by atoms with van der Waals surface area (Å²) in [5, 5.41) is 22.5. The quantitative estimate of drug-likeness (QED) is 0.0900. The van der Waals surface area contributed by atoms with Crippen LogP contribution in [-0.2, 0) is 0 Å². The number of hydrogen-bond acceptors (Lipinski definition) is 2. The maximum absolute atomic E-state index is 7.69. The van der Waals surface area contributed by atoms with Gasteiger partial charge in [0.1, 0.15) is 38.5 Å². The third kappa shape index (κ3) is 9.70. The first-order chi connectivity index (χ1) is 49.3. The predicted octanol–water partition coefficient (Wildman–Crippen LogP) is 25.6. The van der Waals surface area contributed by atoms with Gasteiger partial charge in [-0.3, -0.25) is 0 Å². The van der Waals surface area contributed by atoms with E-state index in [4.69, 9.17) is 8.83 Å². The van der Waals surface area contributed by atoms with E-state index in [2.05, 4.69) is 370 Å². The predicted molar refractivity (Wildman–Crippen MR) is 440 cm³/mol. The fraction of sp³-hybridized carbons (Fsp3) is 0.113. The molecule has 18 rings (SSSR count). The molecule has 2 aromatic heterocycles. The van der Waals surface area contributed by atoms with Crippen molar-refractivity contribution in [2.75, 3.05) is 0 Å². The first kappa shape index (κ1) is 62.1. The first-order valence-electron chi connectivity index (χ1n) is 35.9. The maximum Gasteiger partial charge on any atom is 0.143 e. The molecule has 2 nitrogen and oxygen atoms in total. The van der Waals surface area contributed by atoms with Crippen molar-refractivity contribution in [3.8, 4) is 66.8 Å². The second kappa shape index (κ2) is 24.1. The van der Waals surface area contributed by atoms with Gasteiger partial charge in [-0.2, -0.15) is 0 Å². The molecular weight excluding hydrogens is 1250 g/mol. The Bertz CT molecular complexity index is 6190. The Balaban J connectivity index is 0.785. The zero-order valence-corrected chi connectivity index (χ0v) is 60.5. The van der Waals surface area contributed by atoms with E-state index in [0.29, 0.717) is 11.1 Å². The molecule has 0 aliphatic rings. The van der Waals surface area contributed by atoms with Gasteiger partial charge in [0.25, 0.3) is 0 Å². The van der Waals surface area contributed by atoms with E-state index in [9.17, 15) is 0 Å². The molecule has 16 aromatic carbocycles. The Kier molecular flexibility index (Phi) is 14.8. The largest absolute Gasteiger partial charge is 0.456 e. The first-order valence-corrected chi connectivity index (χ1v) is 40.6. The van der Waals surface area contributed by atoms with Crippen molar-refractivity contribution in [1.29, 1.82) is 0 Å². The van der Waals surface area contributed by atoms with Crippen molar-refractivity contribution in [2.24, 2.45) is 0 Å². The molecule has 4 heteroatoms. The van der Waals surface area contributed by atoms with Crippen LogP contribution in [0.4, 0.5) is 0 Å². The number of para-hydroxylation sites is 2. The maximum atomic E-state index is 7.69. The lowest BCUT2D eigenvalue weighted by molar-refractivity contribution is 0.670. The average molecular weight is 1330 g/mol. The summed E-state index contributed by atoms with van der Waals surface area (Å²) in [5.41, 5.74) is 18.6. The molecule has 0 saturated carbocycles. The monoisotopic (exact) mass is 1330 g/mol. The highest BCUT2D eigenvalue weighted by molar-refractivity contribution is 7.05. The Morgan fingerprint density at radius 2 is 0.663 bits per heavy atom. The van der Waals surface area contributed by atoms with Crippen LogP contribution in [0.3, 0.4) is 0 Å². The van der Waals surface area contributed by atoms with E-state index in [1.165, 1.54) is 114 Å². The van der Waals surface area contributed by atoms with Crippen molar-refractivity contribution >= 4 is 135 Å². The molecule has 2 heterocycles. The van der Waals surface area contributed by atoms with Crippen molar-refractivity contribution in [3.63, 3.8) is 0 Å². The van der Waals surface area contributed by atoms with Crippen LogP contribution < -0.4 is 20.7 Å². The van der Waals surface area contributed by atoms with E-state index in [0.717, 1.165) is 71.7 Å². The van der Waals surface area contributed by atoms with Crippen LogP contribution >= 0.6 is 0 Å². The highest BCUT2D eigenvalue weighted by atomic mass is 28.3. The molecule has 486 valence electrons. The normalized spacial score (nSPS) is 13.0. The third-order valence-electron chi connectivity index (χ3n) is 23.2. The van der Waals surface area contributed by atoms with E-state index < -0.39 is 16.1 Å². The fourth-order valence-corrected chi connectivity index (χ4v) is 27.7. The summed E-state index contributed by atoms with van der Waals surface area (Å²) in [7, 11) is -4.85. The second-order valence-corrected chi connectivity index (χ2v) is 39.9. The zero-order chi connectivity index (χ0) is 68.5. The molecule has 101 heavy (non-hydrogen) atoms. The van der Waals surface area contributed by atoms with Crippen molar-refractivity contribution in [1.82, 2.24) is 0 Å². The molecule has 0 spiro atoms. The number of benzene rings is 16. The number of hydrogen-bond donors (Lipinski definition) is 0. The lowest BCUT2D eigenvalue weighted by atomic mass is 9.84. The molecule has 0 amide bonds. The zero-order valence-electron chi connectivity index (χ0n) is 58.5. The summed E-state index contributed by atoms with van der Waals surface area (Å²) >= 11 is 0. The van der Waals surface area contributed by atoms with Gasteiger partial charge in [0, 0.05) is 32.7 Å². The van der Waals surface area contributed by atoms with Gasteiger partial charge in [0.05, 0.1) is 0 Å². The molecule has 18 aromatic rings. The minimum Gasteiger partial charge on any atom is -0.456 e. The molecule has 0 bridgehead atoms. The van der Waals surface area contributed by atoms with Crippen LogP contribution in [0.15, 0.2) is 324 Å². The smallest absolute Gasteiger partial charge is 0.143 e. The molecule has 0 saturated heterocycles. The molecule has 0 aliphatic carbocycles. The highest BCUT2D eigenvalue weighted by Crippen LogP contribution is 2.51. The van der Waals surface area contributed by atoms with Crippen LogP contribution in [0.5, 0.6) is 0 Å². The average Bonchev–Trinajstić information content (AvgIpc) is 1.63. The fourth-order valence-electron chi connectivity index (χ4n) is 18.1. The summed E-state index contributed by atoms with van der Waals surface area (Å²) < 4.78 is 14.6. The Hall–Kier alpha value is -11.1. The minimum atomic E-state index is -2.66. The van der Waals surface area contributed by atoms with Crippen molar-refractivity contribution < 1.29 is 8.83 Å². The summed E-state index contributed by atoms with van der Waals surface area (Å²) in [6.07, 6.45) is 0. The molecule has 1 unspecified atom stereocenters. The molecule has 0 fully saturated rings. The van der Waals surface area contributed by atoms with Gasteiger partial charge in [0.2, 0.25) is 0 Å². The summed E-state index contributed by atoms with van der Waals surface area (Å²) in [4.78, 5) is 0. The van der Waals surface area contributed by atoms with Gasteiger partial charge in [-0.25, -0.2) is 0 Å². The molecular formula is C97H78O2Si2. The van der Waals surface area contributed by atoms with E-state index >= 15 is 0 Å². The van der Waals surface area contributed by atoms with Gasteiger partial charge in [-0.1, -0.05) is 350 Å². The molecule has 0 radical (unpaired) electrons. The lowest BCUT2D eigenvalue weighted by Crippen LogP contribution is -2.62. The molecule has 0 aliphatic heterocycles. The number of rotatable bonds is 12. The number of furan rings is 2. The van der Waals surface area contributed by atoms with Crippen LogP contribution in [0.25, 0.3) is 165 Å². The van der Waals surface area contributed by atoms with Gasteiger partial charge < -0.3 is 8.83 Å². The SMILES string of the molecule is CC(C)[Si](c1ccccc1)(c1cc(-c2c3ccccc3c(-c3ccccc3)c3ccccc23)cc2c1oc1c(-c3ccc4cc(-c5c6ccccc6c(-c6cc(-c7ccc([Si](C)(c8ccccc8)C(C)(C)C)cc7)c7oc8ccccc8c7c6)c6ccccc56)ccc4c3)cccc12)C(C)C. The van der Waals surface area contributed by atoms with E-state index in [1.54, 1.807) is 0 Å². The van der Waals surface area contributed by atoms with Crippen molar-refractivity contribution in [3.05, 3.63) is 315 Å². The van der Waals surface area contributed by atoms with Gasteiger partial charge in [-0.15, -0.1) is 0 Å². The van der Waals surface area contributed by atoms with Gasteiger partial charge in [-0.05, 0) is 167 Å². The highest BCUT2D eigenvalue weighted by Gasteiger charge is 2.46. The summed E-state index contributed by atoms with van der Waals surface area (Å²) in [5.74, 6) is 0. The Morgan fingerprint density at radius 3 is 1.19 bits per heavy atom. The lowest BCUT2D eigenvalue weighted by Gasteiger charge is -2.41. The van der Waals surface area contributed by atoms with Gasteiger partial charge in [0.15, 0.2) is 0 Å². The topological polar surface area (TPSA) is 26.3 Å². The standard InChI is InChI=1S/C97H78O2Si2/c1-61(2)101(62(3)4,73-33-16-11-17-34-73)89-60-70(93-80-40-22-18-36-76(80)90(64-29-12-9-13-30-64)77-37-19-23-41-81(77)93)59-87-84-45-28-44-74(94(84)99-96(87)89)67-49-47-66-56-68(50-48-65(66)55-67)91-78-38-20-24-42-82(78)92(83-43-25-21-39-79(83)91)69-57-85(95-86(58-69)75-35-26-27-46-88(75)98-95)63-51-53-72(54-52-63)100(8,97(5,6)7)71-31-14-10-15-32-71/h9-62H,1-8H3. The van der Waals surface area contributed by atoms with Crippen LogP contribution in [-0.4, -0.2) is 16.1 Å². The van der Waals surface area contributed by atoms with E-state index in [-0.39, 0.29) is 5.04 Å². The van der Waals surface area contributed by atoms with Crippen molar-refractivity contribution in [2.45, 2.75) is 71.1 Å².